The summed E-state index contributed by atoms with van der Waals surface area (Å²) in [7, 11) is 1.49. The van der Waals surface area contributed by atoms with Crippen LogP contribution >= 0.6 is 23.4 Å². The highest BCUT2D eigenvalue weighted by molar-refractivity contribution is 7.99. The van der Waals surface area contributed by atoms with Crippen molar-refractivity contribution < 1.29 is 55.3 Å². The van der Waals surface area contributed by atoms with E-state index < -0.39 is 47.7 Å². The van der Waals surface area contributed by atoms with Crippen molar-refractivity contribution in [3.05, 3.63) is 52.8 Å². The zero-order chi connectivity index (χ0) is 30.6. The van der Waals surface area contributed by atoms with Crippen LogP contribution in [-0.4, -0.2) is 69.6 Å². The quantitative estimate of drug-likeness (QED) is 0.0571. The van der Waals surface area contributed by atoms with Gasteiger partial charge in [-0.3, -0.25) is 19.9 Å². The Hall–Kier alpha value is -3.51. The number of alkyl halides is 3. The average molecular weight is 629 g/mol. The lowest BCUT2D eigenvalue weighted by atomic mass is 10.2. The number of esters is 1. The number of hydrogen-bond acceptors (Lipinski definition) is 11. The first-order valence-corrected chi connectivity index (χ1v) is 12.3. The fourth-order valence-electron chi connectivity index (χ4n) is 2.76. The molecule has 0 unspecified atom stereocenters. The molecule has 1 aromatic carbocycles. The number of ether oxygens (including phenoxy) is 4. The van der Waals surface area contributed by atoms with Crippen LogP contribution in [-0.2, 0) is 28.6 Å². The largest absolute Gasteiger partial charge is 0.465 e. The smallest absolute Gasteiger partial charge is 0.433 e. The summed E-state index contributed by atoms with van der Waals surface area (Å²) in [6.45, 7) is 0.0192. The van der Waals surface area contributed by atoms with E-state index in [-0.39, 0.29) is 51.4 Å². The van der Waals surface area contributed by atoms with Crippen LogP contribution in [0.2, 0.25) is 5.02 Å². The minimum atomic E-state index is -5.26. The van der Waals surface area contributed by atoms with E-state index in [4.69, 9.17) is 36.4 Å². The predicted molar refractivity (Wildman–Crippen MR) is 134 cm³/mol. The number of amides is 2. The molecule has 2 rings (SSSR count). The first kappa shape index (κ1) is 33.7. The second-order valence-corrected chi connectivity index (χ2v) is 8.92. The molecule has 224 valence electrons. The number of allylic oxidation sites excluding steroid dienone is 1. The molecule has 3 N–H and O–H groups in total. The van der Waals surface area contributed by atoms with Gasteiger partial charge in [0.05, 0.1) is 41.6 Å². The van der Waals surface area contributed by atoms with Gasteiger partial charge in [-0.05, 0) is 18.2 Å². The summed E-state index contributed by atoms with van der Waals surface area (Å²) in [4.78, 5) is 37.4. The maximum atomic E-state index is 14.7. The van der Waals surface area contributed by atoms with Crippen molar-refractivity contribution >= 4 is 47.3 Å². The Bertz CT molecular complexity index is 1270. The normalized spacial score (nSPS) is 11.7. The fourth-order valence-corrected chi connectivity index (χ4v) is 3.96. The zero-order valence-corrected chi connectivity index (χ0v) is 22.6. The Morgan fingerprint density at radius 2 is 1.85 bits per heavy atom. The van der Waals surface area contributed by atoms with Gasteiger partial charge in [-0.1, -0.05) is 23.4 Å². The Kier molecular flexibility index (Phi) is 13.2. The van der Waals surface area contributed by atoms with Crippen LogP contribution in [0.15, 0.2) is 46.0 Å². The molecule has 2 amide bonds. The molecular formula is C23H22ClF5N4O7S. The summed E-state index contributed by atoms with van der Waals surface area (Å²) in [5, 5.41) is 0.992. The third-order valence-electron chi connectivity index (χ3n) is 4.53. The highest BCUT2D eigenvalue weighted by Crippen LogP contribution is 2.41. The van der Waals surface area contributed by atoms with Crippen molar-refractivity contribution in [2.45, 2.75) is 16.0 Å². The number of nitrogens with two attached hydrogens (primary N) is 1. The van der Waals surface area contributed by atoms with Gasteiger partial charge in [0.25, 0.3) is 5.91 Å². The molecule has 2 aromatic rings. The predicted octanol–water partition coefficient (Wildman–Crippen LogP) is 3.15. The molecule has 0 spiro atoms. The molecule has 0 saturated carbocycles. The molecule has 0 fully saturated rings. The van der Waals surface area contributed by atoms with Crippen LogP contribution in [0.4, 0.5) is 27.6 Å². The van der Waals surface area contributed by atoms with Gasteiger partial charge < -0.3 is 18.9 Å². The van der Waals surface area contributed by atoms with E-state index >= 15 is 0 Å². The maximum Gasteiger partial charge on any atom is 0.433 e. The van der Waals surface area contributed by atoms with Crippen LogP contribution in [0.25, 0.3) is 0 Å². The third-order valence-corrected chi connectivity index (χ3v) is 6.03. The SMILES string of the molecule is COCCOCCOC(=O)COc1ncc(F)cc1Sc1cc(N(N)/C(=C\C(=O)NC=O)C(F)(F)F)c(F)cc1Cl. The minimum absolute atomic E-state index is 0.0530. The number of nitrogens with one attached hydrogen (secondary N) is 1. The van der Waals surface area contributed by atoms with E-state index in [0.29, 0.717) is 31.0 Å². The first-order valence-electron chi connectivity index (χ1n) is 11.1. The topological polar surface area (TPSA) is 142 Å². The van der Waals surface area contributed by atoms with E-state index in [2.05, 4.69) is 4.98 Å². The van der Waals surface area contributed by atoms with Crippen LogP contribution in [0.3, 0.4) is 0 Å². The number of hydrogen-bond donors (Lipinski definition) is 2. The number of carbonyl (C=O) groups is 3. The molecule has 1 heterocycles. The number of methoxy groups -OCH3 is 1. The number of halogens is 6. The number of aromatic nitrogens is 1. The summed E-state index contributed by atoms with van der Waals surface area (Å²) in [6, 6.07) is 2.36. The second-order valence-electron chi connectivity index (χ2n) is 7.43. The van der Waals surface area contributed by atoms with Crippen LogP contribution < -0.4 is 20.9 Å². The third kappa shape index (κ3) is 10.8. The number of hydrazine groups is 1. The summed E-state index contributed by atoms with van der Waals surface area (Å²) in [5.41, 5.74) is -2.71. The van der Waals surface area contributed by atoms with E-state index in [9.17, 15) is 36.3 Å². The molecule has 0 radical (unpaired) electrons. The van der Waals surface area contributed by atoms with Gasteiger partial charge in [-0.2, -0.15) is 13.2 Å². The molecule has 0 atom stereocenters. The summed E-state index contributed by atoms with van der Waals surface area (Å²) in [6.07, 6.45) is -4.69. The number of anilines is 1. The molecule has 41 heavy (non-hydrogen) atoms. The monoisotopic (exact) mass is 628 g/mol. The van der Waals surface area contributed by atoms with Crippen molar-refractivity contribution in [1.29, 1.82) is 0 Å². The van der Waals surface area contributed by atoms with Crippen molar-refractivity contribution in [3.63, 3.8) is 0 Å². The van der Waals surface area contributed by atoms with Crippen molar-refractivity contribution in [1.82, 2.24) is 10.3 Å². The molecule has 0 bridgehead atoms. The number of imide groups is 1. The summed E-state index contributed by atoms with van der Waals surface area (Å²) >= 11 is 6.66. The summed E-state index contributed by atoms with van der Waals surface area (Å²) in [5.74, 6) is 0.787. The molecule has 0 aliphatic rings. The van der Waals surface area contributed by atoms with E-state index in [0.717, 1.165) is 18.3 Å². The fraction of sp³-hybridized carbons (Fsp3) is 0.304. The summed E-state index contributed by atoms with van der Waals surface area (Å²) < 4.78 is 89.6. The lowest BCUT2D eigenvalue weighted by molar-refractivity contribution is -0.147. The Morgan fingerprint density at radius 3 is 2.51 bits per heavy atom. The Labute approximate surface area is 238 Å². The van der Waals surface area contributed by atoms with E-state index in [1.807, 2.05) is 0 Å². The Balaban J connectivity index is 2.26. The van der Waals surface area contributed by atoms with Gasteiger partial charge in [0.1, 0.15) is 23.9 Å². The number of nitrogens with zero attached hydrogens (tertiary/aromatic N) is 2. The highest BCUT2D eigenvalue weighted by atomic mass is 35.5. The molecule has 18 heteroatoms. The number of pyridine rings is 1. The van der Waals surface area contributed by atoms with E-state index in [1.165, 1.54) is 12.4 Å². The average Bonchev–Trinajstić information content (AvgIpc) is 2.89. The van der Waals surface area contributed by atoms with Crippen LogP contribution in [0.1, 0.15) is 0 Å². The van der Waals surface area contributed by atoms with Gasteiger partial charge in [0, 0.05) is 18.1 Å². The van der Waals surface area contributed by atoms with Crippen molar-refractivity contribution in [2.24, 2.45) is 5.84 Å². The standard InChI is InChI=1S/C23H22ClF5N4O7S/c1-37-2-3-38-4-5-39-21(36)11-40-22-18(6-13(25)10-31-22)41-17-8-16(15(26)7-14(17)24)33(30)19(23(27,28)29)9-20(35)32-12-34/h6-10,12H,2-5,11,30H2,1H3,(H,32,34,35)/b19-9-. The molecule has 0 aliphatic carbocycles. The maximum absolute atomic E-state index is 14.7. The van der Waals surface area contributed by atoms with Gasteiger partial charge in [-0.25, -0.2) is 24.4 Å². The number of carbonyl (C=O) groups excluding carboxylic acids is 3. The zero-order valence-electron chi connectivity index (χ0n) is 21.0. The molecule has 11 nitrogen and oxygen atoms in total. The van der Waals surface area contributed by atoms with Crippen LogP contribution in [0, 0.1) is 11.6 Å². The highest BCUT2D eigenvalue weighted by Gasteiger charge is 2.39. The van der Waals surface area contributed by atoms with Gasteiger partial charge in [-0.15, -0.1) is 0 Å². The number of benzene rings is 1. The lowest BCUT2D eigenvalue weighted by Gasteiger charge is -2.25. The minimum Gasteiger partial charge on any atom is -0.465 e. The number of rotatable bonds is 15. The van der Waals surface area contributed by atoms with Crippen molar-refractivity contribution in [3.8, 4) is 5.88 Å². The Morgan fingerprint density at radius 1 is 1.15 bits per heavy atom. The molecular weight excluding hydrogens is 607 g/mol. The molecule has 1 aromatic heterocycles. The van der Waals surface area contributed by atoms with Crippen molar-refractivity contribution in [2.75, 3.05) is 45.2 Å². The van der Waals surface area contributed by atoms with Gasteiger partial charge >= 0.3 is 12.1 Å². The first-order chi connectivity index (χ1) is 19.4. The lowest BCUT2D eigenvalue weighted by Crippen LogP contribution is -2.39. The molecule has 0 aliphatic heterocycles. The van der Waals surface area contributed by atoms with Gasteiger partial charge in [0.15, 0.2) is 6.61 Å². The van der Waals surface area contributed by atoms with E-state index in [1.54, 1.807) is 0 Å². The van der Waals surface area contributed by atoms with Crippen LogP contribution in [0.5, 0.6) is 5.88 Å². The molecule has 0 saturated heterocycles. The van der Waals surface area contributed by atoms with Gasteiger partial charge in [0.2, 0.25) is 12.3 Å². The second kappa shape index (κ2) is 16.1.